The van der Waals surface area contributed by atoms with Gasteiger partial charge in [-0.2, -0.15) is 0 Å². The third kappa shape index (κ3) is 29.8. The Bertz CT molecular complexity index is 368. The van der Waals surface area contributed by atoms with Crippen LogP contribution in [0.5, 0.6) is 0 Å². The first kappa shape index (κ1) is 26.1. The van der Waals surface area contributed by atoms with E-state index in [-0.39, 0.29) is 25.7 Å². The quantitative estimate of drug-likeness (QED) is 0.297. The number of carboxylic acids is 4. The van der Waals surface area contributed by atoms with Crippen molar-refractivity contribution >= 4 is 23.9 Å². The molecule has 0 fully saturated rings. The van der Waals surface area contributed by atoms with Crippen LogP contribution in [-0.2, 0) is 19.2 Å². The molecule has 152 valence electrons. The molecule has 0 saturated carbocycles. The molecule has 0 aliphatic heterocycles. The van der Waals surface area contributed by atoms with Crippen LogP contribution in [0, 0.1) is 0 Å². The fourth-order valence-electron chi connectivity index (χ4n) is 2.17. The lowest BCUT2D eigenvalue weighted by Crippen LogP contribution is -1.95. The molecule has 0 radical (unpaired) electrons. The smallest absolute Gasteiger partial charge is 0.303 e. The molecule has 0 saturated heterocycles. The standard InChI is InChI=1S/C10H18O4.C8H14O4/c11-9(12)7-5-3-1-2-4-6-8-10(13)14;9-7(10)5-3-1-2-4-6-8(11)12/h1-8H2,(H,11,12)(H,13,14);1-6H2,(H,9,10)(H,11,12). The van der Waals surface area contributed by atoms with E-state index in [1.54, 1.807) is 0 Å². The second-order valence-electron chi connectivity index (χ2n) is 6.11. The number of rotatable bonds is 16. The van der Waals surface area contributed by atoms with Crippen LogP contribution in [0.1, 0.15) is 89.9 Å². The molecule has 0 aromatic rings. The Morgan fingerprint density at radius 2 is 0.500 bits per heavy atom. The molecule has 0 heterocycles. The van der Waals surface area contributed by atoms with Crippen LogP contribution < -0.4 is 0 Å². The second kappa shape index (κ2) is 19.2. The zero-order valence-electron chi connectivity index (χ0n) is 15.3. The monoisotopic (exact) mass is 376 g/mol. The van der Waals surface area contributed by atoms with Crippen molar-refractivity contribution in [3.8, 4) is 0 Å². The van der Waals surface area contributed by atoms with E-state index in [0.717, 1.165) is 51.4 Å². The third-order valence-electron chi connectivity index (χ3n) is 3.56. The lowest BCUT2D eigenvalue weighted by atomic mass is 10.1. The van der Waals surface area contributed by atoms with Crippen molar-refractivity contribution in [3.63, 3.8) is 0 Å². The van der Waals surface area contributed by atoms with Crippen LogP contribution in [0.25, 0.3) is 0 Å². The Morgan fingerprint density at radius 1 is 0.346 bits per heavy atom. The van der Waals surface area contributed by atoms with Gasteiger partial charge >= 0.3 is 23.9 Å². The Morgan fingerprint density at radius 3 is 0.654 bits per heavy atom. The lowest BCUT2D eigenvalue weighted by Gasteiger charge is -1.98. The predicted molar refractivity (Wildman–Crippen MR) is 95.2 cm³/mol. The number of hydrogen-bond acceptors (Lipinski definition) is 4. The summed E-state index contributed by atoms with van der Waals surface area (Å²) < 4.78 is 0. The minimum Gasteiger partial charge on any atom is -0.481 e. The van der Waals surface area contributed by atoms with Crippen LogP contribution in [0.2, 0.25) is 0 Å². The largest absolute Gasteiger partial charge is 0.481 e. The van der Waals surface area contributed by atoms with Gasteiger partial charge in [-0.15, -0.1) is 0 Å². The molecule has 0 unspecified atom stereocenters. The fraction of sp³-hybridized carbons (Fsp3) is 0.778. The second-order valence-corrected chi connectivity index (χ2v) is 6.11. The van der Waals surface area contributed by atoms with Crippen LogP contribution in [-0.4, -0.2) is 44.3 Å². The highest BCUT2D eigenvalue weighted by molar-refractivity contribution is 5.67. The van der Waals surface area contributed by atoms with E-state index in [1.807, 2.05) is 0 Å². The zero-order chi connectivity index (χ0) is 20.2. The Kier molecular flexibility index (Phi) is 19.3. The average molecular weight is 376 g/mol. The van der Waals surface area contributed by atoms with Crippen LogP contribution in [0.3, 0.4) is 0 Å². The predicted octanol–water partition coefficient (Wildman–Crippen LogP) is 3.77. The number of unbranched alkanes of at least 4 members (excludes halogenated alkanes) is 8. The highest BCUT2D eigenvalue weighted by atomic mass is 16.4. The first-order chi connectivity index (χ1) is 12.3. The van der Waals surface area contributed by atoms with Gasteiger partial charge in [-0.3, -0.25) is 19.2 Å². The maximum Gasteiger partial charge on any atom is 0.303 e. The third-order valence-corrected chi connectivity index (χ3v) is 3.56. The van der Waals surface area contributed by atoms with Gasteiger partial charge in [0, 0.05) is 25.7 Å². The fourth-order valence-corrected chi connectivity index (χ4v) is 2.17. The molecular weight excluding hydrogens is 344 g/mol. The molecule has 4 N–H and O–H groups in total. The highest BCUT2D eigenvalue weighted by Gasteiger charge is 1.99. The maximum absolute atomic E-state index is 10.1. The van der Waals surface area contributed by atoms with E-state index in [4.69, 9.17) is 20.4 Å². The zero-order valence-corrected chi connectivity index (χ0v) is 15.3. The minimum absolute atomic E-state index is 0.188. The van der Waals surface area contributed by atoms with Crippen molar-refractivity contribution in [1.29, 1.82) is 0 Å². The molecule has 0 aliphatic carbocycles. The van der Waals surface area contributed by atoms with E-state index in [1.165, 1.54) is 0 Å². The van der Waals surface area contributed by atoms with E-state index in [0.29, 0.717) is 12.8 Å². The molecular formula is C18H32O8. The van der Waals surface area contributed by atoms with Crippen LogP contribution in [0.4, 0.5) is 0 Å². The Labute approximate surface area is 154 Å². The topological polar surface area (TPSA) is 149 Å². The summed E-state index contributed by atoms with van der Waals surface area (Å²) in [6.45, 7) is 0. The van der Waals surface area contributed by atoms with Crippen molar-refractivity contribution < 1.29 is 39.6 Å². The van der Waals surface area contributed by atoms with E-state index < -0.39 is 23.9 Å². The van der Waals surface area contributed by atoms with E-state index in [9.17, 15) is 19.2 Å². The first-order valence-electron chi connectivity index (χ1n) is 9.13. The summed E-state index contributed by atoms with van der Waals surface area (Å²) in [5.41, 5.74) is 0. The highest BCUT2D eigenvalue weighted by Crippen LogP contribution is 2.08. The van der Waals surface area contributed by atoms with Gasteiger partial charge in [0.1, 0.15) is 0 Å². The molecule has 26 heavy (non-hydrogen) atoms. The molecule has 8 heteroatoms. The molecule has 0 aliphatic rings. The van der Waals surface area contributed by atoms with Gasteiger partial charge in [0.05, 0.1) is 0 Å². The van der Waals surface area contributed by atoms with Crippen LogP contribution >= 0.6 is 0 Å². The number of hydrogen-bond donors (Lipinski definition) is 4. The summed E-state index contributed by atoms with van der Waals surface area (Å²) in [6, 6.07) is 0. The number of carboxylic acid groups (broad SMARTS) is 4. The van der Waals surface area contributed by atoms with E-state index >= 15 is 0 Å². The maximum atomic E-state index is 10.1. The van der Waals surface area contributed by atoms with Crippen LogP contribution in [0.15, 0.2) is 0 Å². The summed E-state index contributed by atoms with van der Waals surface area (Å²) in [5, 5.41) is 33.2. The van der Waals surface area contributed by atoms with Gasteiger partial charge in [0.15, 0.2) is 0 Å². The summed E-state index contributed by atoms with van der Waals surface area (Å²) in [7, 11) is 0. The SMILES string of the molecule is O=C(O)CCCCCCC(=O)O.O=C(O)CCCCCCCCC(=O)O. The minimum atomic E-state index is -0.784. The molecule has 0 bridgehead atoms. The molecule has 0 rings (SSSR count). The van der Waals surface area contributed by atoms with Crippen molar-refractivity contribution in [2.45, 2.75) is 89.9 Å². The molecule has 0 spiro atoms. The van der Waals surface area contributed by atoms with Crippen molar-refractivity contribution in [3.05, 3.63) is 0 Å². The molecule has 8 nitrogen and oxygen atoms in total. The Balaban J connectivity index is 0. The molecule has 0 aromatic heterocycles. The van der Waals surface area contributed by atoms with Gasteiger partial charge in [-0.1, -0.05) is 38.5 Å². The van der Waals surface area contributed by atoms with Crippen molar-refractivity contribution in [1.82, 2.24) is 0 Å². The summed E-state index contributed by atoms with van der Waals surface area (Å²) in [6.07, 6.45) is 9.11. The van der Waals surface area contributed by atoms with E-state index in [2.05, 4.69) is 0 Å². The Hall–Kier alpha value is -2.12. The van der Waals surface area contributed by atoms with Gasteiger partial charge in [-0.25, -0.2) is 0 Å². The number of carbonyl (C=O) groups is 4. The summed E-state index contributed by atoms with van der Waals surface area (Å²) >= 11 is 0. The molecule has 0 aromatic carbocycles. The summed E-state index contributed by atoms with van der Waals surface area (Å²) in [4.78, 5) is 40.4. The van der Waals surface area contributed by atoms with Gasteiger partial charge in [0.25, 0.3) is 0 Å². The summed E-state index contributed by atoms with van der Waals surface area (Å²) in [5.74, 6) is -3.05. The van der Waals surface area contributed by atoms with Gasteiger partial charge in [0.2, 0.25) is 0 Å². The normalized spacial score (nSPS) is 9.85. The molecule has 0 amide bonds. The van der Waals surface area contributed by atoms with Crippen molar-refractivity contribution in [2.75, 3.05) is 0 Å². The number of aliphatic carboxylic acids is 4. The lowest BCUT2D eigenvalue weighted by molar-refractivity contribution is -0.138. The van der Waals surface area contributed by atoms with Gasteiger partial charge < -0.3 is 20.4 Å². The molecule has 0 atom stereocenters. The van der Waals surface area contributed by atoms with Gasteiger partial charge in [-0.05, 0) is 25.7 Å². The first-order valence-corrected chi connectivity index (χ1v) is 9.13. The average Bonchev–Trinajstić information content (AvgIpc) is 2.53. The van der Waals surface area contributed by atoms with Crippen molar-refractivity contribution in [2.24, 2.45) is 0 Å².